The van der Waals surface area contributed by atoms with E-state index in [9.17, 15) is 0 Å². The van der Waals surface area contributed by atoms with Gasteiger partial charge in [0.2, 0.25) is 0 Å². The van der Waals surface area contributed by atoms with Crippen molar-refractivity contribution in [3.05, 3.63) is 35.4 Å². The highest BCUT2D eigenvalue weighted by Crippen LogP contribution is 2.21. The van der Waals surface area contributed by atoms with Gasteiger partial charge in [-0.3, -0.25) is 0 Å². The first-order valence-corrected chi connectivity index (χ1v) is 6.01. The van der Waals surface area contributed by atoms with Crippen LogP contribution in [0.5, 0.6) is 0 Å². The lowest BCUT2D eigenvalue weighted by molar-refractivity contribution is 0.863. The molecule has 3 heteroatoms. The Balaban J connectivity index is 1.87. The molecule has 0 spiro atoms. The molecule has 0 heterocycles. The molecule has 0 atom stereocenters. The van der Waals surface area contributed by atoms with E-state index in [-0.39, 0.29) is 0 Å². The van der Waals surface area contributed by atoms with Crippen molar-refractivity contribution in [2.75, 3.05) is 17.6 Å². The van der Waals surface area contributed by atoms with E-state index in [2.05, 4.69) is 17.5 Å². The summed E-state index contributed by atoms with van der Waals surface area (Å²) in [4.78, 5) is 0. The van der Waals surface area contributed by atoms with Gasteiger partial charge >= 0.3 is 0 Å². The second-order valence-electron chi connectivity index (χ2n) is 4.35. The second-order valence-corrected chi connectivity index (χ2v) is 4.35. The molecule has 2 rings (SSSR count). The number of nitrogen functional groups attached to an aromatic ring is 1. The van der Waals surface area contributed by atoms with Gasteiger partial charge < -0.3 is 11.1 Å². The maximum Gasteiger partial charge on any atom is 0.101 e. The first-order chi connectivity index (χ1) is 8.29. The monoisotopic (exact) mass is 227 g/mol. The van der Waals surface area contributed by atoms with Crippen molar-refractivity contribution in [2.24, 2.45) is 0 Å². The van der Waals surface area contributed by atoms with E-state index >= 15 is 0 Å². The smallest absolute Gasteiger partial charge is 0.101 e. The Bertz CT molecular complexity index is 469. The van der Waals surface area contributed by atoms with Crippen LogP contribution in [-0.4, -0.2) is 6.54 Å². The lowest BCUT2D eigenvalue weighted by Crippen LogP contribution is -2.03. The van der Waals surface area contributed by atoms with Crippen LogP contribution in [0.15, 0.2) is 29.8 Å². The minimum Gasteiger partial charge on any atom is -0.398 e. The summed E-state index contributed by atoms with van der Waals surface area (Å²) in [6, 6.07) is 7.54. The Morgan fingerprint density at radius 2 is 2.29 bits per heavy atom. The molecule has 1 aromatic rings. The molecule has 0 aliphatic heterocycles. The van der Waals surface area contributed by atoms with Crippen molar-refractivity contribution in [1.82, 2.24) is 0 Å². The first-order valence-electron chi connectivity index (χ1n) is 6.01. The van der Waals surface area contributed by atoms with Gasteiger partial charge in [-0.15, -0.1) is 0 Å². The lowest BCUT2D eigenvalue weighted by atomic mass is 10.1. The van der Waals surface area contributed by atoms with E-state index in [1.165, 1.54) is 19.3 Å². The van der Waals surface area contributed by atoms with Crippen LogP contribution in [0.25, 0.3) is 0 Å². The summed E-state index contributed by atoms with van der Waals surface area (Å²) in [5.41, 5.74) is 9.37. The Morgan fingerprint density at radius 3 is 2.94 bits per heavy atom. The number of nitrogens with one attached hydrogen (secondary N) is 1. The van der Waals surface area contributed by atoms with Crippen LogP contribution >= 0.6 is 0 Å². The maximum absolute atomic E-state index is 8.77. The number of benzene rings is 1. The summed E-state index contributed by atoms with van der Waals surface area (Å²) in [6.07, 6.45) is 7.23. The van der Waals surface area contributed by atoms with Crippen LogP contribution in [0.1, 0.15) is 31.2 Å². The number of nitrogens with zero attached hydrogens (tertiary/aromatic N) is 1. The SMILES string of the molecule is N#Cc1ccc(NCCC2=CCCC2)cc1N. The van der Waals surface area contributed by atoms with E-state index < -0.39 is 0 Å². The van der Waals surface area contributed by atoms with Crippen LogP contribution in [0.3, 0.4) is 0 Å². The Kier molecular flexibility index (Phi) is 3.66. The summed E-state index contributed by atoms with van der Waals surface area (Å²) in [5, 5.41) is 12.1. The predicted octanol–water partition coefficient (Wildman–Crippen LogP) is 3.05. The minimum absolute atomic E-state index is 0.536. The molecule has 3 N–H and O–H groups in total. The van der Waals surface area contributed by atoms with Gasteiger partial charge in [-0.05, 0) is 43.9 Å². The maximum atomic E-state index is 8.77. The van der Waals surface area contributed by atoms with Crippen molar-refractivity contribution >= 4 is 11.4 Å². The van der Waals surface area contributed by atoms with Gasteiger partial charge in [-0.25, -0.2) is 0 Å². The molecular formula is C14H17N3. The highest BCUT2D eigenvalue weighted by atomic mass is 14.9. The average molecular weight is 227 g/mol. The number of rotatable bonds is 4. The van der Waals surface area contributed by atoms with E-state index in [1.54, 1.807) is 11.6 Å². The average Bonchev–Trinajstić information content (AvgIpc) is 2.82. The Morgan fingerprint density at radius 1 is 1.41 bits per heavy atom. The van der Waals surface area contributed by atoms with Gasteiger partial charge in [0.1, 0.15) is 6.07 Å². The molecule has 0 saturated heterocycles. The molecule has 0 saturated carbocycles. The van der Waals surface area contributed by atoms with Gasteiger partial charge in [-0.1, -0.05) is 11.6 Å². The van der Waals surface area contributed by atoms with Crippen molar-refractivity contribution in [3.8, 4) is 6.07 Å². The fourth-order valence-corrected chi connectivity index (χ4v) is 2.11. The van der Waals surface area contributed by atoms with Crippen LogP contribution in [0, 0.1) is 11.3 Å². The number of nitrogens with two attached hydrogens (primary N) is 1. The minimum atomic E-state index is 0.536. The zero-order valence-electron chi connectivity index (χ0n) is 9.87. The van der Waals surface area contributed by atoms with Gasteiger partial charge in [-0.2, -0.15) is 5.26 Å². The highest BCUT2D eigenvalue weighted by molar-refractivity contribution is 5.62. The fourth-order valence-electron chi connectivity index (χ4n) is 2.11. The number of nitriles is 1. The molecule has 0 unspecified atom stereocenters. The molecule has 3 nitrogen and oxygen atoms in total. The predicted molar refractivity (Wildman–Crippen MR) is 70.6 cm³/mol. The van der Waals surface area contributed by atoms with Crippen LogP contribution in [0.4, 0.5) is 11.4 Å². The van der Waals surface area contributed by atoms with Crippen molar-refractivity contribution in [2.45, 2.75) is 25.7 Å². The van der Waals surface area contributed by atoms with E-state index in [0.29, 0.717) is 11.3 Å². The molecule has 0 amide bonds. The molecule has 0 radical (unpaired) electrons. The molecule has 1 aliphatic rings. The molecular weight excluding hydrogens is 210 g/mol. The van der Waals surface area contributed by atoms with Crippen LogP contribution < -0.4 is 11.1 Å². The largest absolute Gasteiger partial charge is 0.398 e. The standard InChI is InChI=1S/C14H17N3/c15-10-12-5-6-13(9-14(12)16)17-8-7-11-3-1-2-4-11/h3,5-6,9,17H,1-2,4,7-8,16H2. The topological polar surface area (TPSA) is 61.8 Å². The lowest BCUT2D eigenvalue weighted by Gasteiger charge is -2.08. The quantitative estimate of drug-likeness (QED) is 0.614. The summed E-state index contributed by atoms with van der Waals surface area (Å²) in [5.74, 6) is 0. The highest BCUT2D eigenvalue weighted by Gasteiger charge is 2.04. The molecule has 17 heavy (non-hydrogen) atoms. The molecule has 0 aromatic heterocycles. The first kappa shape index (κ1) is 11.5. The van der Waals surface area contributed by atoms with E-state index in [4.69, 9.17) is 11.0 Å². The van der Waals surface area contributed by atoms with Gasteiger partial charge in [0.05, 0.1) is 11.3 Å². The normalized spacial score (nSPS) is 14.2. The third-order valence-electron chi connectivity index (χ3n) is 3.08. The molecule has 88 valence electrons. The van der Waals surface area contributed by atoms with Crippen molar-refractivity contribution in [1.29, 1.82) is 5.26 Å². The molecule has 1 aliphatic carbocycles. The second kappa shape index (κ2) is 5.40. The third kappa shape index (κ3) is 3.01. The number of hydrogen-bond donors (Lipinski definition) is 2. The summed E-state index contributed by atoms with van der Waals surface area (Å²) < 4.78 is 0. The summed E-state index contributed by atoms with van der Waals surface area (Å²) >= 11 is 0. The molecule has 0 fully saturated rings. The van der Waals surface area contributed by atoms with Gasteiger partial charge in [0.15, 0.2) is 0 Å². The van der Waals surface area contributed by atoms with Crippen molar-refractivity contribution in [3.63, 3.8) is 0 Å². The Labute approximate surface area is 102 Å². The molecule has 1 aromatic carbocycles. The zero-order valence-corrected chi connectivity index (χ0v) is 9.87. The zero-order chi connectivity index (χ0) is 12.1. The molecule has 0 bridgehead atoms. The Hall–Kier alpha value is -1.95. The van der Waals surface area contributed by atoms with Crippen LogP contribution in [-0.2, 0) is 0 Å². The van der Waals surface area contributed by atoms with Gasteiger partial charge in [0.25, 0.3) is 0 Å². The van der Waals surface area contributed by atoms with E-state index in [0.717, 1.165) is 18.7 Å². The summed E-state index contributed by atoms with van der Waals surface area (Å²) in [6.45, 7) is 0.928. The summed E-state index contributed by atoms with van der Waals surface area (Å²) in [7, 11) is 0. The fraction of sp³-hybridized carbons (Fsp3) is 0.357. The van der Waals surface area contributed by atoms with Crippen molar-refractivity contribution < 1.29 is 0 Å². The number of hydrogen-bond acceptors (Lipinski definition) is 3. The van der Waals surface area contributed by atoms with Gasteiger partial charge in [0, 0.05) is 12.2 Å². The third-order valence-corrected chi connectivity index (χ3v) is 3.08. The number of anilines is 2. The van der Waals surface area contributed by atoms with Crippen LogP contribution in [0.2, 0.25) is 0 Å². The van der Waals surface area contributed by atoms with E-state index in [1.807, 2.05) is 12.1 Å². The number of allylic oxidation sites excluding steroid dienone is 1.